The number of halogens is 1. The minimum atomic E-state index is -3.72. The number of hydrogen-bond acceptors (Lipinski definition) is 5. The molecule has 0 saturated heterocycles. The molecule has 0 radical (unpaired) electrons. The van der Waals surface area contributed by atoms with Crippen molar-refractivity contribution in [1.82, 2.24) is 4.31 Å². The highest BCUT2D eigenvalue weighted by Gasteiger charge is 2.39. The third kappa shape index (κ3) is 8.49. The van der Waals surface area contributed by atoms with Crippen molar-refractivity contribution in [2.75, 3.05) is 20.2 Å². The third-order valence-electron chi connectivity index (χ3n) is 5.24. The summed E-state index contributed by atoms with van der Waals surface area (Å²) in [5, 5.41) is -0.0736. The predicted octanol–water partition coefficient (Wildman–Crippen LogP) is 5.57. The van der Waals surface area contributed by atoms with E-state index in [0.717, 1.165) is 5.56 Å². The number of hydrogen-bond donors (Lipinski definition) is 0. The number of carbonyl (C=O) groups excluding carboxylic acids is 1. The van der Waals surface area contributed by atoms with Crippen molar-refractivity contribution in [3.63, 3.8) is 0 Å². The van der Waals surface area contributed by atoms with Crippen LogP contribution in [-0.2, 0) is 24.0 Å². The molecule has 32 heavy (non-hydrogen) atoms. The van der Waals surface area contributed by atoms with Gasteiger partial charge in [-0.15, -0.1) is 0 Å². The third-order valence-corrected chi connectivity index (χ3v) is 11.8. The van der Waals surface area contributed by atoms with E-state index in [2.05, 4.69) is 40.4 Å². The Labute approximate surface area is 207 Å². The monoisotopic (exact) mass is 591 g/mol. The van der Waals surface area contributed by atoms with Crippen LogP contribution < -0.4 is 0 Å². The Kier molecular flexibility index (Phi) is 10.4. The minimum absolute atomic E-state index is 0.0736. The van der Waals surface area contributed by atoms with Crippen LogP contribution >= 0.6 is 22.6 Å². The second-order valence-electron chi connectivity index (χ2n) is 8.96. The number of benzene rings is 1. The highest BCUT2D eigenvalue weighted by atomic mass is 127. The topological polar surface area (TPSA) is 72.9 Å². The second kappa shape index (κ2) is 11.6. The van der Waals surface area contributed by atoms with Gasteiger partial charge in [0.25, 0.3) is 0 Å². The predicted molar refractivity (Wildman–Crippen MR) is 141 cm³/mol. The number of carbonyl (C=O) groups is 1. The van der Waals surface area contributed by atoms with Crippen molar-refractivity contribution in [2.24, 2.45) is 0 Å². The van der Waals surface area contributed by atoms with Crippen LogP contribution in [0.4, 0.5) is 0 Å². The molecule has 9 heteroatoms. The molecule has 0 heterocycles. The molecule has 0 aliphatic carbocycles. The lowest BCUT2D eigenvalue weighted by Crippen LogP contribution is -2.40. The normalized spacial score (nSPS) is 13.5. The van der Waals surface area contributed by atoms with Crippen molar-refractivity contribution in [3.05, 3.63) is 64.0 Å². The van der Waals surface area contributed by atoms with Gasteiger partial charge in [0.15, 0.2) is 0 Å². The number of sulfonamides is 1. The van der Waals surface area contributed by atoms with Crippen LogP contribution in [0.15, 0.2) is 63.3 Å². The minimum Gasteiger partial charge on any atom is -0.543 e. The van der Waals surface area contributed by atoms with Crippen LogP contribution in [-0.4, -0.2) is 47.2 Å². The van der Waals surface area contributed by atoms with Crippen LogP contribution in [0.3, 0.4) is 0 Å². The molecule has 0 atom stereocenters. The molecular formula is C23H34INO5SSi. The zero-order valence-corrected chi connectivity index (χ0v) is 23.9. The van der Waals surface area contributed by atoms with Crippen LogP contribution in [0.2, 0.25) is 18.1 Å². The number of allylic oxidation sites excluding steroid dienone is 1. The highest BCUT2D eigenvalue weighted by Crippen LogP contribution is 2.38. The lowest BCUT2D eigenvalue weighted by Gasteiger charge is -2.36. The van der Waals surface area contributed by atoms with Gasteiger partial charge in [0.05, 0.1) is 18.1 Å². The Morgan fingerprint density at radius 1 is 1.22 bits per heavy atom. The Morgan fingerprint density at radius 2 is 1.78 bits per heavy atom. The lowest BCUT2D eigenvalue weighted by molar-refractivity contribution is -0.135. The van der Waals surface area contributed by atoms with Crippen molar-refractivity contribution >= 4 is 46.9 Å². The molecule has 1 rings (SSSR count). The number of nitrogens with zero attached hydrogens (tertiary/aromatic N) is 1. The lowest BCUT2D eigenvalue weighted by atomic mass is 10.2. The van der Waals surface area contributed by atoms with Crippen molar-refractivity contribution in [1.29, 1.82) is 0 Å². The summed E-state index contributed by atoms with van der Waals surface area (Å²) in [5.74, 6) is -0.183. The van der Waals surface area contributed by atoms with Gasteiger partial charge in [-0.1, -0.05) is 51.1 Å². The second-order valence-corrected chi connectivity index (χ2v) is 17.2. The smallest absolute Gasteiger partial charge is 0.334 e. The molecule has 0 aliphatic rings. The van der Waals surface area contributed by atoms with Gasteiger partial charge in [0, 0.05) is 13.1 Å². The Morgan fingerprint density at radius 3 is 2.25 bits per heavy atom. The number of rotatable bonds is 10. The summed E-state index contributed by atoms with van der Waals surface area (Å²) in [7, 11) is -4.64. The van der Waals surface area contributed by atoms with Gasteiger partial charge in [-0.3, -0.25) is 0 Å². The average molecular weight is 592 g/mol. The summed E-state index contributed by atoms with van der Waals surface area (Å²) in [5.41, 5.74) is 0.981. The molecule has 0 amide bonds. The number of ether oxygens (including phenoxy) is 1. The maximum atomic E-state index is 13.2. The summed E-state index contributed by atoms with van der Waals surface area (Å²) in [6.07, 6.45) is 4.59. The first kappa shape index (κ1) is 28.6. The Balaban J connectivity index is 3.22. The molecule has 0 N–H and O–H groups in total. The molecule has 178 valence electrons. The highest BCUT2D eigenvalue weighted by molar-refractivity contribution is 14.1. The Bertz CT molecular complexity index is 977. The summed E-state index contributed by atoms with van der Waals surface area (Å²) in [6.45, 7) is 16.4. The standard InChI is InChI=1S/C23H34INO5SSi/c1-18-11-13-21(14-12-18)31(27,28)25(17-19(2)24)15-9-10-20(16-22(26)29-6)30-32(7,8)23(3,4)5/h9-14,16H,2,15,17H2,1,3-8H3/b10-9+,20-16+. The number of aryl methyl sites for hydroxylation is 1. The fraction of sp³-hybridized carbons (Fsp3) is 0.435. The molecule has 0 spiro atoms. The molecule has 0 fully saturated rings. The SMILES string of the molecule is C=C(I)CN(C/C=C/C(=C\C(=O)OC)O[Si](C)(C)C(C)(C)C)S(=O)(=O)c1ccc(C)cc1. The molecule has 6 nitrogen and oxygen atoms in total. The average Bonchev–Trinajstić information content (AvgIpc) is 2.65. The van der Waals surface area contributed by atoms with E-state index in [9.17, 15) is 13.2 Å². The van der Waals surface area contributed by atoms with E-state index in [1.807, 2.05) is 29.5 Å². The Hall–Kier alpha value is -1.43. The van der Waals surface area contributed by atoms with Crippen LogP contribution in [0.5, 0.6) is 0 Å². The van der Waals surface area contributed by atoms with Crippen LogP contribution in [0, 0.1) is 6.92 Å². The van der Waals surface area contributed by atoms with E-state index in [-0.39, 0.29) is 23.0 Å². The largest absolute Gasteiger partial charge is 0.543 e. The van der Waals surface area contributed by atoms with Crippen molar-refractivity contribution in [3.8, 4) is 0 Å². The van der Waals surface area contributed by atoms with E-state index in [0.29, 0.717) is 9.34 Å². The summed E-state index contributed by atoms with van der Waals surface area (Å²) < 4.78 is 39.4. The molecule has 1 aromatic rings. The first-order valence-electron chi connectivity index (χ1n) is 10.2. The fourth-order valence-corrected chi connectivity index (χ4v) is 5.37. The molecular weight excluding hydrogens is 557 g/mol. The zero-order chi connectivity index (χ0) is 24.7. The van der Waals surface area contributed by atoms with Crippen molar-refractivity contribution < 1.29 is 22.4 Å². The van der Waals surface area contributed by atoms with Gasteiger partial charge < -0.3 is 9.16 Å². The summed E-state index contributed by atoms with van der Waals surface area (Å²) in [6, 6.07) is 6.73. The van der Waals surface area contributed by atoms with Gasteiger partial charge in [0.2, 0.25) is 18.3 Å². The maximum Gasteiger partial charge on any atom is 0.334 e. The van der Waals surface area contributed by atoms with Crippen molar-refractivity contribution in [2.45, 2.75) is 50.7 Å². The quantitative estimate of drug-likeness (QED) is 0.0889. The van der Waals surface area contributed by atoms with Gasteiger partial charge in [-0.05, 0) is 69.4 Å². The molecule has 0 unspecified atom stereocenters. The first-order chi connectivity index (χ1) is 14.6. The first-order valence-corrected chi connectivity index (χ1v) is 15.6. The number of methoxy groups -OCH3 is 1. The summed E-state index contributed by atoms with van der Waals surface area (Å²) in [4.78, 5) is 12.1. The van der Waals surface area contributed by atoms with Crippen LogP contribution in [0.25, 0.3) is 0 Å². The van der Waals surface area contributed by atoms with E-state index < -0.39 is 24.3 Å². The molecule has 0 aromatic heterocycles. The molecule has 0 saturated carbocycles. The van der Waals surface area contributed by atoms with Crippen LogP contribution in [0.1, 0.15) is 26.3 Å². The maximum absolute atomic E-state index is 13.2. The van der Waals surface area contributed by atoms with Gasteiger partial charge >= 0.3 is 5.97 Å². The zero-order valence-electron chi connectivity index (χ0n) is 19.9. The van der Waals surface area contributed by atoms with E-state index in [4.69, 9.17) is 9.16 Å². The van der Waals surface area contributed by atoms with E-state index in [1.165, 1.54) is 17.5 Å². The van der Waals surface area contributed by atoms with E-state index in [1.54, 1.807) is 36.4 Å². The van der Waals surface area contributed by atoms with Gasteiger partial charge in [0.1, 0.15) is 5.76 Å². The number of esters is 1. The molecule has 0 bridgehead atoms. The molecule has 1 aromatic carbocycles. The summed E-state index contributed by atoms with van der Waals surface area (Å²) >= 11 is 2.02. The van der Waals surface area contributed by atoms with Gasteiger partial charge in [-0.2, -0.15) is 4.31 Å². The van der Waals surface area contributed by atoms with E-state index >= 15 is 0 Å². The molecule has 0 aliphatic heterocycles. The fourth-order valence-electron chi connectivity index (χ4n) is 2.32. The van der Waals surface area contributed by atoms with Gasteiger partial charge in [-0.25, -0.2) is 13.2 Å².